The van der Waals surface area contributed by atoms with E-state index in [1.165, 1.54) is 0 Å². The van der Waals surface area contributed by atoms with Crippen LogP contribution in [0.2, 0.25) is 0 Å². The number of hydrogen-bond donors (Lipinski definition) is 1. The minimum absolute atomic E-state index is 0.263. The van der Waals surface area contributed by atoms with E-state index in [1.807, 2.05) is 12.1 Å². The summed E-state index contributed by atoms with van der Waals surface area (Å²) in [7, 11) is 1.76. The molecule has 1 saturated heterocycles. The van der Waals surface area contributed by atoms with Crippen LogP contribution in [0.25, 0.3) is 0 Å². The van der Waals surface area contributed by atoms with E-state index in [1.54, 1.807) is 13.3 Å². The van der Waals surface area contributed by atoms with Crippen molar-refractivity contribution in [3.05, 3.63) is 18.3 Å². The van der Waals surface area contributed by atoms with E-state index in [4.69, 9.17) is 10.5 Å². The highest BCUT2D eigenvalue weighted by Crippen LogP contribution is 2.37. The molecule has 17 heavy (non-hydrogen) atoms. The van der Waals surface area contributed by atoms with Crippen LogP contribution in [0.5, 0.6) is 0 Å². The first-order chi connectivity index (χ1) is 8.03. The lowest BCUT2D eigenvalue weighted by Gasteiger charge is -2.24. The number of nitrogens with zero attached hydrogens (tertiary/aromatic N) is 2. The molecule has 94 valence electrons. The Bertz CT molecular complexity index is 375. The predicted octanol–water partition coefficient (Wildman–Crippen LogP) is 1.77. The van der Waals surface area contributed by atoms with Gasteiger partial charge in [-0.05, 0) is 17.5 Å². The molecule has 0 radical (unpaired) electrons. The summed E-state index contributed by atoms with van der Waals surface area (Å²) in [6, 6.07) is 3.89. The van der Waals surface area contributed by atoms with Gasteiger partial charge in [-0.1, -0.05) is 13.8 Å². The minimum atomic E-state index is 0.263. The molecule has 2 heterocycles. The first-order valence-corrected chi connectivity index (χ1v) is 5.98. The van der Waals surface area contributed by atoms with Crippen molar-refractivity contribution < 1.29 is 4.74 Å². The summed E-state index contributed by atoms with van der Waals surface area (Å²) >= 11 is 0. The molecular weight excluding hydrogens is 214 g/mol. The highest BCUT2D eigenvalue weighted by Gasteiger charge is 2.39. The van der Waals surface area contributed by atoms with E-state index in [0.717, 1.165) is 25.5 Å². The minimum Gasteiger partial charge on any atom is -0.397 e. The zero-order valence-corrected chi connectivity index (χ0v) is 10.8. The lowest BCUT2D eigenvalue weighted by Crippen LogP contribution is -2.25. The van der Waals surface area contributed by atoms with E-state index in [2.05, 4.69) is 23.7 Å². The third-order valence-corrected chi connectivity index (χ3v) is 3.61. The molecule has 0 unspecified atom stereocenters. The number of aromatic nitrogens is 1. The fourth-order valence-corrected chi connectivity index (χ4v) is 2.44. The average Bonchev–Trinajstić information content (AvgIpc) is 2.56. The Morgan fingerprint density at radius 2 is 2.29 bits per heavy atom. The second-order valence-corrected chi connectivity index (χ2v) is 5.47. The quantitative estimate of drug-likeness (QED) is 0.867. The van der Waals surface area contributed by atoms with E-state index in [9.17, 15) is 0 Å². The van der Waals surface area contributed by atoms with Gasteiger partial charge in [0.25, 0.3) is 0 Å². The SMILES string of the molecule is COC[C@H]1CN(c2ccc(N)cn2)CC1(C)C. The van der Waals surface area contributed by atoms with Crippen LogP contribution in [0.4, 0.5) is 11.5 Å². The van der Waals surface area contributed by atoms with Gasteiger partial charge < -0.3 is 15.4 Å². The molecule has 1 aromatic rings. The highest BCUT2D eigenvalue weighted by molar-refractivity contribution is 5.47. The first kappa shape index (κ1) is 12.2. The van der Waals surface area contributed by atoms with Gasteiger partial charge in [-0.2, -0.15) is 0 Å². The van der Waals surface area contributed by atoms with Gasteiger partial charge in [-0.15, -0.1) is 0 Å². The number of pyridine rings is 1. The molecule has 0 bridgehead atoms. The number of nitrogen functional groups attached to an aromatic ring is 1. The Kier molecular flexibility index (Phi) is 3.24. The molecule has 1 aromatic heterocycles. The maximum absolute atomic E-state index is 5.65. The third kappa shape index (κ3) is 2.52. The molecule has 2 rings (SSSR count). The van der Waals surface area contributed by atoms with E-state index >= 15 is 0 Å². The van der Waals surface area contributed by atoms with Gasteiger partial charge in [0.1, 0.15) is 5.82 Å². The smallest absolute Gasteiger partial charge is 0.128 e. The second kappa shape index (κ2) is 4.53. The first-order valence-electron chi connectivity index (χ1n) is 5.98. The number of hydrogen-bond acceptors (Lipinski definition) is 4. The number of nitrogens with two attached hydrogens (primary N) is 1. The molecule has 1 aliphatic rings. The summed E-state index contributed by atoms with van der Waals surface area (Å²) < 4.78 is 5.30. The maximum atomic E-state index is 5.65. The van der Waals surface area contributed by atoms with Crippen molar-refractivity contribution >= 4 is 11.5 Å². The van der Waals surface area contributed by atoms with Gasteiger partial charge >= 0.3 is 0 Å². The Morgan fingerprint density at radius 1 is 1.53 bits per heavy atom. The fourth-order valence-electron chi connectivity index (χ4n) is 2.44. The van der Waals surface area contributed by atoms with Crippen molar-refractivity contribution in [1.82, 2.24) is 4.98 Å². The Balaban J connectivity index is 2.12. The summed E-state index contributed by atoms with van der Waals surface area (Å²) in [6.45, 7) is 7.39. The van der Waals surface area contributed by atoms with Crippen LogP contribution in [0.1, 0.15) is 13.8 Å². The van der Waals surface area contributed by atoms with Gasteiger partial charge in [0.05, 0.1) is 18.5 Å². The van der Waals surface area contributed by atoms with Gasteiger partial charge in [-0.3, -0.25) is 0 Å². The van der Waals surface area contributed by atoms with Crippen molar-refractivity contribution in [1.29, 1.82) is 0 Å². The van der Waals surface area contributed by atoms with Crippen molar-refractivity contribution in [3.8, 4) is 0 Å². The lowest BCUT2D eigenvalue weighted by atomic mass is 9.83. The molecular formula is C13H21N3O. The van der Waals surface area contributed by atoms with Crippen molar-refractivity contribution in [2.75, 3.05) is 37.4 Å². The van der Waals surface area contributed by atoms with E-state index in [0.29, 0.717) is 11.6 Å². The normalized spacial score (nSPS) is 23.0. The summed E-state index contributed by atoms with van der Waals surface area (Å²) in [5.74, 6) is 1.55. The summed E-state index contributed by atoms with van der Waals surface area (Å²) in [4.78, 5) is 6.69. The topological polar surface area (TPSA) is 51.4 Å². The standard InChI is InChI=1S/C13H21N3O/c1-13(2)9-16(7-10(13)8-17-3)12-5-4-11(14)6-15-12/h4-6,10H,7-9,14H2,1-3H3/t10-/m1/s1. The number of methoxy groups -OCH3 is 1. The average molecular weight is 235 g/mol. The number of rotatable bonds is 3. The Morgan fingerprint density at radius 3 is 2.88 bits per heavy atom. The summed E-state index contributed by atoms with van der Waals surface area (Å²) in [5, 5.41) is 0. The highest BCUT2D eigenvalue weighted by atomic mass is 16.5. The van der Waals surface area contributed by atoms with Crippen LogP contribution in [-0.4, -0.2) is 31.8 Å². The monoisotopic (exact) mass is 235 g/mol. The molecule has 1 atom stereocenters. The number of anilines is 2. The third-order valence-electron chi connectivity index (χ3n) is 3.61. The van der Waals surface area contributed by atoms with E-state index in [-0.39, 0.29) is 5.41 Å². The molecule has 2 N–H and O–H groups in total. The van der Waals surface area contributed by atoms with Crippen LogP contribution in [0, 0.1) is 11.3 Å². The van der Waals surface area contributed by atoms with E-state index < -0.39 is 0 Å². The largest absolute Gasteiger partial charge is 0.397 e. The molecule has 4 nitrogen and oxygen atoms in total. The molecule has 0 aliphatic carbocycles. The Hall–Kier alpha value is -1.29. The Labute approximate surface area is 103 Å². The van der Waals surface area contributed by atoms with Crippen LogP contribution in [0.15, 0.2) is 18.3 Å². The second-order valence-electron chi connectivity index (χ2n) is 5.47. The molecule has 0 amide bonds. The molecule has 1 aliphatic heterocycles. The summed E-state index contributed by atoms with van der Waals surface area (Å²) in [6.07, 6.45) is 1.71. The maximum Gasteiger partial charge on any atom is 0.128 e. The lowest BCUT2D eigenvalue weighted by molar-refractivity contribution is 0.112. The zero-order chi connectivity index (χ0) is 12.5. The number of ether oxygens (including phenoxy) is 1. The molecule has 0 aromatic carbocycles. The molecule has 4 heteroatoms. The van der Waals surface area contributed by atoms with Crippen LogP contribution < -0.4 is 10.6 Å². The molecule has 0 saturated carbocycles. The van der Waals surface area contributed by atoms with Crippen LogP contribution in [0.3, 0.4) is 0 Å². The predicted molar refractivity (Wildman–Crippen MR) is 70.0 cm³/mol. The van der Waals surface area contributed by atoms with Crippen LogP contribution in [-0.2, 0) is 4.74 Å². The molecule has 1 fully saturated rings. The van der Waals surface area contributed by atoms with Gasteiger partial charge in [0, 0.05) is 26.1 Å². The molecule has 0 spiro atoms. The summed E-state index contributed by atoms with van der Waals surface area (Å²) in [5.41, 5.74) is 6.62. The van der Waals surface area contributed by atoms with Crippen molar-refractivity contribution in [2.45, 2.75) is 13.8 Å². The van der Waals surface area contributed by atoms with Crippen molar-refractivity contribution in [2.24, 2.45) is 11.3 Å². The van der Waals surface area contributed by atoms with Gasteiger partial charge in [-0.25, -0.2) is 4.98 Å². The van der Waals surface area contributed by atoms with Gasteiger partial charge in [0.15, 0.2) is 0 Å². The van der Waals surface area contributed by atoms with Gasteiger partial charge in [0.2, 0.25) is 0 Å². The zero-order valence-electron chi connectivity index (χ0n) is 10.8. The van der Waals surface area contributed by atoms with Crippen LogP contribution >= 0.6 is 0 Å². The van der Waals surface area contributed by atoms with Crippen molar-refractivity contribution in [3.63, 3.8) is 0 Å². The fraction of sp³-hybridized carbons (Fsp3) is 0.615.